The molecule has 0 spiro atoms. The van der Waals surface area contributed by atoms with Gasteiger partial charge in [0.1, 0.15) is 6.26 Å². The summed E-state index contributed by atoms with van der Waals surface area (Å²) in [6.07, 6.45) is 2.47. The van der Waals surface area contributed by atoms with Crippen molar-refractivity contribution in [3.05, 3.63) is 51.9 Å². The Morgan fingerprint density at radius 2 is 2.15 bits per heavy atom. The molecule has 0 fully saturated rings. The normalized spacial score (nSPS) is 13.2. The van der Waals surface area contributed by atoms with Gasteiger partial charge in [-0.05, 0) is 52.2 Å². The van der Waals surface area contributed by atoms with Crippen LogP contribution in [0, 0.1) is 0 Å². The first-order valence-electron chi connectivity index (χ1n) is 6.10. The first kappa shape index (κ1) is 15.1. The van der Waals surface area contributed by atoms with Crippen LogP contribution in [-0.4, -0.2) is 12.5 Å². The lowest BCUT2D eigenvalue weighted by Gasteiger charge is -2.17. The van der Waals surface area contributed by atoms with Gasteiger partial charge in [-0.2, -0.15) is 0 Å². The summed E-state index contributed by atoms with van der Waals surface area (Å²) < 4.78 is 5.61. The predicted molar refractivity (Wildman–Crippen MR) is 83.5 cm³/mol. The molecule has 0 aliphatic carbocycles. The molecule has 1 aliphatic rings. The van der Waals surface area contributed by atoms with Crippen molar-refractivity contribution in [2.45, 2.75) is 13.0 Å². The van der Waals surface area contributed by atoms with Gasteiger partial charge in [0.25, 0.3) is 5.91 Å². The molecule has 0 radical (unpaired) electrons. The van der Waals surface area contributed by atoms with E-state index >= 15 is 0 Å². The van der Waals surface area contributed by atoms with Crippen LogP contribution in [-0.2, 0) is 13.0 Å². The van der Waals surface area contributed by atoms with E-state index in [1.165, 1.54) is 17.4 Å². The number of nitrogens with one attached hydrogen (secondary N) is 2. The molecule has 1 aromatic heterocycles. The number of amides is 1. The average molecular weight is 358 g/mol. The van der Waals surface area contributed by atoms with Crippen molar-refractivity contribution in [3.63, 3.8) is 0 Å². The number of rotatable bonds is 2. The van der Waals surface area contributed by atoms with Crippen molar-refractivity contribution in [2.75, 3.05) is 11.9 Å². The molecule has 2 N–H and O–H groups in total. The van der Waals surface area contributed by atoms with Gasteiger partial charge in [0.15, 0.2) is 4.67 Å². The molecule has 6 heteroatoms. The highest BCUT2D eigenvalue weighted by Gasteiger charge is 2.12. The van der Waals surface area contributed by atoms with Crippen LogP contribution in [0.4, 0.5) is 5.69 Å². The SMILES string of the molecule is Cl.O=C(Nc1ccc2c(c1)CNCC2)c1coc(Br)c1. The molecular formula is C14H14BrClN2O2. The minimum absolute atomic E-state index is 0. The van der Waals surface area contributed by atoms with Crippen molar-refractivity contribution in [2.24, 2.45) is 0 Å². The summed E-state index contributed by atoms with van der Waals surface area (Å²) >= 11 is 3.18. The largest absolute Gasteiger partial charge is 0.457 e. The maximum atomic E-state index is 12.0. The van der Waals surface area contributed by atoms with Gasteiger partial charge in [-0.1, -0.05) is 6.07 Å². The molecule has 2 aromatic rings. The molecule has 20 heavy (non-hydrogen) atoms. The Bertz CT molecular complexity index is 627. The number of hydrogen-bond donors (Lipinski definition) is 2. The highest BCUT2D eigenvalue weighted by Crippen LogP contribution is 2.20. The second-order valence-corrected chi connectivity index (χ2v) is 5.29. The Kier molecular flexibility index (Phi) is 4.86. The van der Waals surface area contributed by atoms with E-state index in [1.807, 2.05) is 12.1 Å². The van der Waals surface area contributed by atoms with Gasteiger partial charge in [-0.25, -0.2) is 0 Å². The molecule has 2 heterocycles. The maximum absolute atomic E-state index is 12.0. The minimum Gasteiger partial charge on any atom is -0.457 e. The van der Waals surface area contributed by atoms with E-state index in [-0.39, 0.29) is 18.3 Å². The Balaban J connectivity index is 0.00000147. The molecular weight excluding hydrogens is 344 g/mol. The number of furan rings is 1. The number of anilines is 1. The molecule has 0 bridgehead atoms. The van der Waals surface area contributed by atoms with Gasteiger partial charge < -0.3 is 15.1 Å². The summed E-state index contributed by atoms with van der Waals surface area (Å²) in [6, 6.07) is 7.69. The Labute approximate surface area is 131 Å². The standard InChI is InChI=1S/C14H13BrN2O2.ClH/c15-13-6-11(8-19-13)14(18)17-12-2-1-9-3-4-16-7-10(9)5-12;/h1-2,5-6,8,16H,3-4,7H2,(H,17,18);1H. The number of carbonyl (C=O) groups is 1. The van der Waals surface area contributed by atoms with Crippen LogP contribution in [0.3, 0.4) is 0 Å². The number of carbonyl (C=O) groups excluding carboxylic acids is 1. The van der Waals surface area contributed by atoms with Crippen LogP contribution in [0.5, 0.6) is 0 Å². The number of fused-ring (bicyclic) bond motifs is 1. The van der Waals surface area contributed by atoms with Gasteiger partial charge in [0.2, 0.25) is 0 Å². The molecule has 1 aliphatic heterocycles. The van der Waals surface area contributed by atoms with E-state index in [4.69, 9.17) is 4.42 Å². The van der Waals surface area contributed by atoms with Crippen LogP contribution < -0.4 is 10.6 Å². The van der Waals surface area contributed by atoms with Gasteiger partial charge in [-0.3, -0.25) is 4.79 Å². The molecule has 0 saturated heterocycles. The summed E-state index contributed by atoms with van der Waals surface area (Å²) in [6.45, 7) is 1.87. The molecule has 3 rings (SSSR count). The quantitative estimate of drug-likeness (QED) is 0.866. The summed E-state index contributed by atoms with van der Waals surface area (Å²) in [5.41, 5.74) is 3.91. The van der Waals surface area contributed by atoms with Gasteiger partial charge in [0.05, 0.1) is 5.56 Å². The van der Waals surface area contributed by atoms with E-state index < -0.39 is 0 Å². The predicted octanol–water partition coefficient (Wildman–Crippen LogP) is 3.36. The zero-order valence-corrected chi connectivity index (χ0v) is 13.0. The van der Waals surface area contributed by atoms with Crippen LogP contribution in [0.1, 0.15) is 21.5 Å². The molecule has 4 nitrogen and oxygen atoms in total. The lowest BCUT2D eigenvalue weighted by molar-refractivity contribution is 0.102. The summed E-state index contributed by atoms with van der Waals surface area (Å²) in [5, 5.41) is 6.20. The fraction of sp³-hybridized carbons (Fsp3) is 0.214. The second kappa shape index (κ2) is 6.43. The van der Waals surface area contributed by atoms with Crippen molar-refractivity contribution in [1.29, 1.82) is 0 Å². The van der Waals surface area contributed by atoms with Gasteiger partial charge in [-0.15, -0.1) is 12.4 Å². The van der Waals surface area contributed by atoms with Gasteiger partial charge in [0, 0.05) is 18.3 Å². The van der Waals surface area contributed by atoms with E-state index in [0.29, 0.717) is 10.2 Å². The van der Waals surface area contributed by atoms with Gasteiger partial charge >= 0.3 is 0 Å². The topological polar surface area (TPSA) is 54.3 Å². The molecule has 0 unspecified atom stereocenters. The van der Waals surface area contributed by atoms with Crippen molar-refractivity contribution in [1.82, 2.24) is 5.32 Å². The molecule has 1 amide bonds. The molecule has 1 aromatic carbocycles. The zero-order chi connectivity index (χ0) is 13.2. The lowest BCUT2D eigenvalue weighted by Crippen LogP contribution is -2.23. The van der Waals surface area contributed by atoms with E-state index in [9.17, 15) is 4.79 Å². The van der Waals surface area contributed by atoms with Crippen molar-refractivity contribution < 1.29 is 9.21 Å². The minimum atomic E-state index is -0.168. The van der Waals surface area contributed by atoms with Crippen LogP contribution in [0.25, 0.3) is 0 Å². The summed E-state index contributed by atoms with van der Waals surface area (Å²) in [4.78, 5) is 12.0. The van der Waals surface area contributed by atoms with Crippen LogP contribution >= 0.6 is 28.3 Å². The fourth-order valence-electron chi connectivity index (χ4n) is 2.19. The summed E-state index contributed by atoms with van der Waals surface area (Å²) in [7, 11) is 0. The number of benzene rings is 1. The Hall–Kier alpha value is -1.30. The number of halogens is 2. The summed E-state index contributed by atoms with van der Waals surface area (Å²) in [5.74, 6) is -0.168. The first-order chi connectivity index (χ1) is 9.22. The van der Waals surface area contributed by atoms with Crippen LogP contribution in [0.2, 0.25) is 0 Å². The highest BCUT2D eigenvalue weighted by molar-refractivity contribution is 9.10. The lowest BCUT2D eigenvalue weighted by atomic mass is 10.0. The highest BCUT2D eigenvalue weighted by atomic mass is 79.9. The smallest absolute Gasteiger partial charge is 0.258 e. The second-order valence-electron chi connectivity index (χ2n) is 4.50. The maximum Gasteiger partial charge on any atom is 0.258 e. The Morgan fingerprint density at radius 3 is 2.90 bits per heavy atom. The third-order valence-corrected chi connectivity index (χ3v) is 3.60. The van der Waals surface area contributed by atoms with E-state index in [1.54, 1.807) is 6.07 Å². The third kappa shape index (κ3) is 3.23. The van der Waals surface area contributed by atoms with Crippen molar-refractivity contribution >= 4 is 39.9 Å². The Morgan fingerprint density at radius 1 is 1.30 bits per heavy atom. The fourth-order valence-corrected chi connectivity index (χ4v) is 2.53. The third-order valence-electron chi connectivity index (χ3n) is 3.18. The monoisotopic (exact) mass is 356 g/mol. The average Bonchev–Trinajstić information content (AvgIpc) is 2.85. The van der Waals surface area contributed by atoms with E-state index in [0.717, 1.165) is 25.2 Å². The van der Waals surface area contributed by atoms with Crippen molar-refractivity contribution in [3.8, 4) is 0 Å². The molecule has 0 saturated carbocycles. The first-order valence-corrected chi connectivity index (χ1v) is 6.89. The molecule has 106 valence electrons. The van der Waals surface area contributed by atoms with Crippen LogP contribution in [0.15, 0.2) is 39.6 Å². The number of hydrogen-bond acceptors (Lipinski definition) is 3. The zero-order valence-electron chi connectivity index (χ0n) is 10.6. The molecule has 0 atom stereocenters. The van der Waals surface area contributed by atoms with E-state index in [2.05, 4.69) is 32.6 Å².